The summed E-state index contributed by atoms with van der Waals surface area (Å²) in [5, 5.41) is 0. The van der Waals surface area contributed by atoms with E-state index >= 15 is 0 Å². The number of amides is 1. The third-order valence-electron chi connectivity index (χ3n) is 2.97. The summed E-state index contributed by atoms with van der Waals surface area (Å²) >= 11 is 0. The molecule has 0 unspecified atom stereocenters. The molecule has 1 amide bonds. The van der Waals surface area contributed by atoms with Gasteiger partial charge in [0.15, 0.2) is 0 Å². The van der Waals surface area contributed by atoms with E-state index in [0.29, 0.717) is 12.1 Å². The van der Waals surface area contributed by atoms with Crippen LogP contribution in [-0.2, 0) is 10.0 Å². The van der Waals surface area contributed by atoms with Crippen molar-refractivity contribution < 1.29 is 13.2 Å². The molecule has 0 atom stereocenters. The molecule has 0 aliphatic rings. The number of nitrogens with zero attached hydrogens (tertiary/aromatic N) is 1. The van der Waals surface area contributed by atoms with E-state index in [-0.39, 0.29) is 17.3 Å². The minimum atomic E-state index is -3.62. The lowest BCUT2D eigenvalue weighted by atomic mass is 10.2. The Labute approximate surface area is 126 Å². The number of terminal acetylenes is 1. The van der Waals surface area contributed by atoms with E-state index in [1.807, 2.05) is 0 Å². The van der Waals surface area contributed by atoms with Gasteiger partial charge in [-0.25, -0.2) is 8.42 Å². The smallest absolute Gasteiger partial charge is 0.253 e. The van der Waals surface area contributed by atoms with Crippen LogP contribution in [-0.4, -0.2) is 39.4 Å². The first-order valence-electron chi connectivity index (χ1n) is 6.71. The van der Waals surface area contributed by atoms with E-state index < -0.39 is 10.0 Å². The van der Waals surface area contributed by atoms with Crippen LogP contribution in [0.3, 0.4) is 0 Å². The summed E-state index contributed by atoms with van der Waals surface area (Å²) in [7, 11) is -1.88. The molecule has 0 aromatic heterocycles. The number of carbonyl (C=O) groups excluding carboxylic acids is 1. The standard InChI is InChI=1S/C15H20N2O3S/c1-4-6-12-17(3)15(18)13-7-9-14(10-8-13)21(19,20)16-11-5-2/h2,7-10,16H,4,6,11-12H2,1,3H3. The minimum absolute atomic E-state index is 0.0667. The van der Waals surface area contributed by atoms with E-state index in [1.165, 1.54) is 24.3 Å². The number of unbranched alkanes of at least 4 members (excludes halogenated alkanes) is 1. The van der Waals surface area contributed by atoms with Gasteiger partial charge in [0.1, 0.15) is 0 Å². The predicted octanol–water partition coefficient (Wildman–Crippen LogP) is 1.47. The van der Waals surface area contributed by atoms with Gasteiger partial charge < -0.3 is 4.90 Å². The van der Waals surface area contributed by atoms with Crippen LogP contribution in [0.5, 0.6) is 0 Å². The number of carbonyl (C=O) groups is 1. The van der Waals surface area contributed by atoms with Crippen molar-refractivity contribution in [3.05, 3.63) is 29.8 Å². The fourth-order valence-electron chi connectivity index (χ4n) is 1.71. The highest BCUT2D eigenvalue weighted by Crippen LogP contribution is 2.12. The minimum Gasteiger partial charge on any atom is -0.342 e. The van der Waals surface area contributed by atoms with Crippen LogP contribution >= 0.6 is 0 Å². The highest BCUT2D eigenvalue weighted by atomic mass is 32.2. The molecule has 0 aliphatic heterocycles. The normalized spacial score (nSPS) is 10.9. The number of benzene rings is 1. The maximum atomic E-state index is 12.1. The number of sulfonamides is 1. The molecule has 6 heteroatoms. The van der Waals surface area contributed by atoms with E-state index in [2.05, 4.69) is 17.6 Å². The molecular weight excluding hydrogens is 288 g/mol. The molecule has 5 nitrogen and oxygen atoms in total. The zero-order chi connectivity index (χ0) is 15.9. The second kappa shape index (κ2) is 7.81. The average Bonchev–Trinajstić information content (AvgIpc) is 2.50. The van der Waals surface area contributed by atoms with Crippen molar-refractivity contribution in [2.75, 3.05) is 20.1 Å². The Kier molecular flexibility index (Phi) is 6.40. The van der Waals surface area contributed by atoms with Gasteiger partial charge in [0.25, 0.3) is 5.91 Å². The molecule has 21 heavy (non-hydrogen) atoms. The second-order valence-corrected chi connectivity index (χ2v) is 6.40. The van der Waals surface area contributed by atoms with Gasteiger partial charge in [-0.15, -0.1) is 6.42 Å². The monoisotopic (exact) mass is 308 g/mol. The average molecular weight is 308 g/mol. The number of nitrogens with one attached hydrogen (secondary N) is 1. The van der Waals surface area contributed by atoms with Crippen LogP contribution in [0, 0.1) is 12.3 Å². The van der Waals surface area contributed by atoms with Gasteiger partial charge >= 0.3 is 0 Å². The summed E-state index contributed by atoms with van der Waals surface area (Å²) in [6, 6.07) is 5.82. The van der Waals surface area contributed by atoms with Crippen LogP contribution in [0.4, 0.5) is 0 Å². The Morgan fingerprint density at radius 1 is 1.33 bits per heavy atom. The van der Waals surface area contributed by atoms with E-state index in [9.17, 15) is 13.2 Å². The molecule has 0 fully saturated rings. The van der Waals surface area contributed by atoms with Crippen LogP contribution < -0.4 is 4.72 Å². The Hall–Kier alpha value is -1.84. The Bertz CT molecular complexity index is 615. The van der Waals surface area contributed by atoms with Crippen molar-refractivity contribution in [3.63, 3.8) is 0 Å². The van der Waals surface area contributed by atoms with Crippen molar-refractivity contribution in [1.82, 2.24) is 9.62 Å². The first-order valence-corrected chi connectivity index (χ1v) is 8.19. The third kappa shape index (κ3) is 4.88. The quantitative estimate of drug-likeness (QED) is 0.776. The summed E-state index contributed by atoms with van der Waals surface area (Å²) in [6.45, 7) is 2.67. The van der Waals surface area contributed by atoms with Crippen molar-refractivity contribution in [2.45, 2.75) is 24.7 Å². The highest BCUT2D eigenvalue weighted by Gasteiger charge is 2.15. The summed E-state index contributed by atoms with van der Waals surface area (Å²) in [5.74, 6) is 2.09. The van der Waals surface area contributed by atoms with E-state index in [1.54, 1.807) is 11.9 Å². The summed E-state index contributed by atoms with van der Waals surface area (Å²) < 4.78 is 26.0. The van der Waals surface area contributed by atoms with E-state index in [4.69, 9.17) is 6.42 Å². The summed E-state index contributed by atoms with van der Waals surface area (Å²) in [6.07, 6.45) is 6.97. The molecule has 0 bridgehead atoms. The Balaban J connectivity index is 2.83. The fraction of sp³-hybridized carbons (Fsp3) is 0.400. The molecule has 0 saturated heterocycles. The fourth-order valence-corrected chi connectivity index (χ4v) is 2.65. The lowest BCUT2D eigenvalue weighted by molar-refractivity contribution is 0.0793. The maximum Gasteiger partial charge on any atom is 0.253 e. The molecule has 114 valence electrons. The molecule has 1 rings (SSSR count). The molecule has 0 radical (unpaired) electrons. The van der Waals surface area contributed by atoms with Gasteiger partial charge in [0.2, 0.25) is 10.0 Å². The van der Waals surface area contributed by atoms with Gasteiger partial charge in [0, 0.05) is 19.2 Å². The lowest BCUT2D eigenvalue weighted by Crippen LogP contribution is -2.28. The molecule has 0 spiro atoms. The topological polar surface area (TPSA) is 66.5 Å². The Morgan fingerprint density at radius 2 is 1.95 bits per heavy atom. The van der Waals surface area contributed by atoms with Crippen molar-refractivity contribution in [1.29, 1.82) is 0 Å². The largest absolute Gasteiger partial charge is 0.342 e. The van der Waals surface area contributed by atoms with Gasteiger partial charge in [-0.1, -0.05) is 19.3 Å². The SMILES string of the molecule is C#CCNS(=O)(=O)c1ccc(C(=O)N(C)CCCC)cc1. The predicted molar refractivity (Wildman–Crippen MR) is 82.3 cm³/mol. The second-order valence-electron chi connectivity index (χ2n) is 4.63. The van der Waals surface area contributed by atoms with Crippen LogP contribution in [0.1, 0.15) is 30.1 Å². The molecule has 1 aromatic carbocycles. The van der Waals surface area contributed by atoms with Crippen molar-refractivity contribution in [2.24, 2.45) is 0 Å². The summed E-state index contributed by atoms with van der Waals surface area (Å²) in [5.41, 5.74) is 0.463. The van der Waals surface area contributed by atoms with Gasteiger partial charge in [-0.2, -0.15) is 4.72 Å². The number of hydrogen-bond donors (Lipinski definition) is 1. The molecule has 0 heterocycles. The third-order valence-corrected chi connectivity index (χ3v) is 4.39. The molecule has 0 saturated carbocycles. The molecular formula is C15H20N2O3S. The summed E-state index contributed by atoms with van der Waals surface area (Å²) in [4.78, 5) is 13.8. The maximum absolute atomic E-state index is 12.1. The van der Waals surface area contributed by atoms with Crippen LogP contribution in [0.15, 0.2) is 29.2 Å². The van der Waals surface area contributed by atoms with Crippen LogP contribution in [0.2, 0.25) is 0 Å². The molecule has 0 aliphatic carbocycles. The van der Waals surface area contributed by atoms with Crippen molar-refractivity contribution in [3.8, 4) is 12.3 Å². The molecule has 1 aromatic rings. The van der Waals surface area contributed by atoms with Gasteiger partial charge in [0.05, 0.1) is 11.4 Å². The Morgan fingerprint density at radius 3 is 2.48 bits per heavy atom. The first kappa shape index (κ1) is 17.2. The van der Waals surface area contributed by atoms with E-state index in [0.717, 1.165) is 12.8 Å². The van der Waals surface area contributed by atoms with Gasteiger partial charge in [-0.3, -0.25) is 4.79 Å². The van der Waals surface area contributed by atoms with Crippen LogP contribution in [0.25, 0.3) is 0 Å². The van der Waals surface area contributed by atoms with Crippen molar-refractivity contribution >= 4 is 15.9 Å². The molecule has 1 N–H and O–H groups in total. The highest BCUT2D eigenvalue weighted by molar-refractivity contribution is 7.89. The zero-order valence-corrected chi connectivity index (χ0v) is 13.1. The van der Waals surface area contributed by atoms with Gasteiger partial charge in [-0.05, 0) is 30.7 Å². The number of rotatable bonds is 7. The zero-order valence-electron chi connectivity index (χ0n) is 12.3. The number of hydrogen-bond acceptors (Lipinski definition) is 3. The lowest BCUT2D eigenvalue weighted by Gasteiger charge is -2.16. The first-order chi connectivity index (χ1) is 9.92.